The van der Waals surface area contributed by atoms with Gasteiger partial charge >= 0.3 is 0 Å². The second-order valence-corrected chi connectivity index (χ2v) is 9.62. The largest absolute Gasteiger partial charge is 0.298 e. The van der Waals surface area contributed by atoms with Crippen LogP contribution < -0.4 is 0 Å². The summed E-state index contributed by atoms with van der Waals surface area (Å²) >= 11 is 13.2. The Bertz CT molecular complexity index is 820. The first-order valence-corrected chi connectivity index (χ1v) is 11.1. The van der Waals surface area contributed by atoms with Crippen molar-refractivity contribution in [3.63, 3.8) is 0 Å². The van der Waals surface area contributed by atoms with E-state index in [1.807, 2.05) is 0 Å². The van der Waals surface area contributed by atoms with Gasteiger partial charge in [0.15, 0.2) is 0 Å². The zero-order valence-electron chi connectivity index (χ0n) is 16.5. The number of hydrogen-bond donors (Lipinski definition) is 0. The number of fused-ring (bicyclic) bond motifs is 2. The SMILES string of the molecule is C=C1CC=C(Cl)C(CC2CC3CC(CN(Cc4ccccc4)C3)C2=C)=C(Cl)C1. The maximum atomic E-state index is 6.63. The minimum Gasteiger partial charge on any atom is -0.298 e. The molecule has 1 heterocycles. The topological polar surface area (TPSA) is 3.24 Å². The molecule has 1 saturated heterocycles. The van der Waals surface area contributed by atoms with Gasteiger partial charge in [0, 0.05) is 36.1 Å². The van der Waals surface area contributed by atoms with E-state index in [1.54, 1.807) is 0 Å². The molecule has 1 nitrogen and oxygen atoms in total. The lowest BCUT2D eigenvalue weighted by molar-refractivity contribution is 0.0907. The Morgan fingerprint density at radius 3 is 2.61 bits per heavy atom. The van der Waals surface area contributed by atoms with E-state index in [4.69, 9.17) is 23.2 Å². The molecule has 148 valence electrons. The summed E-state index contributed by atoms with van der Waals surface area (Å²) in [7, 11) is 0. The third-order valence-corrected chi connectivity index (χ3v) is 7.31. The van der Waals surface area contributed by atoms with Gasteiger partial charge in [-0.3, -0.25) is 4.90 Å². The molecular formula is C25H29Cl2N. The second-order valence-electron chi connectivity index (χ2n) is 8.76. The smallest absolute Gasteiger partial charge is 0.0413 e. The molecule has 4 rings (SSSR count). The van der Waals surface area contributed by atoms with Crippen molar-refractivity contribution in [1.82, 2.24) is 4.90 Å². The summed E-state index contributed by atoms with van der Waals surface area (Å²) in [5, 5.41) is 1.69. The van der Waals surface area contributed by atoms with E-state index in [1.165, 1.54) is 30.5 Å². The molecule has 2 aliphatic carbocycles. The Kier molecular flexibility index (Phi) is 6.16. The summed E-state index contributed by atoms with van der Waals surface area (Å²) in [4.78, 5) is 2.62. The maximum Gasteiger partial charge on any atom is 0.0413 e. The van der Waals surface area contributed by atoms with E-state index in [0.29, 0.717) is 11.8 Å². The molecule has 1 aromatic carbocycles. The predicted molar refractivity (Wildman–Crippen MR) is 120 cm³/mol. The van der Waals surface area contributed by atoms with Crippen LogP contribution in [0, 0.1) is 17.8 Å². The Labute approximate surface area is 179 Å². The van der Waals surface area contributed by atoms with Gasteiger partial charge in [0.25, 0.3) is 0 Å². The molecule has 0 spiro atoms. The van der Waals surface area contributed by atoms with Crippen molar-refractivity contribution < 1.29 is 0 Å². The minimum absolute atomic E-state index is 0.486. The number of rotatable bonds is 4. The number of hydrogen-bond acceptors (Lipinski definition) is 1. The quantitative estimate of drug-likeness (QED) is 0.477. The molecule has 3 atom stereocenters. The molecule has 2 bridgehead atoms. The fraction of sp³-hybridized carbons (Fsp3) is 0.440. The molecule has 0 aromatic heterocycles. The third-order valence-electron chi connectivity index (χ3n) is 6.57. The van der Waals surface area contributed by atoms with Crippen LogP contribution >= 0.6 is 23.2 Å². The van der Waals surface area contributed by atoms with E-state index in [-0.39, 0.29) is 0 Å². The maximum absolute atomic E-state index is 6.63. The fourth-order valence-electron chi connectivity index (χ4n) is 5.15. The highest BCUT2D eigenvalue weighted by atomic mass is 35.5. The highest BCUT2D eigenvalue weighted by molar-refractivity contribution is 6.35. The molecular weight excluding hydrogens is 385 g/mol. The van der Waals surface area contributed by atoms with Crippen molar-refractivity contribution in [2.24, 2.45) is 17.8 Å². The summed E-state index contributed by atoms with van der Waals surface area (Å²) in [5.74, 6) is 1.81. The fourth-order valence-corrected chi connectivity index (χ4v) is 5.84. The van der Waals surface area contributed by atoms with Crippen molar-refractivity contribution in [3.05, 3.63) is 81.9 Å². The van der Waals surface area contributed by atoms with Gasteiger partial charge < -0.3 is 0 Å². The van der Waals surface area contributed by atoms with Gasteiger partial charge in [-0.15, -0.1) is 0 Å². The molecule has 3 unspecified atom stereocenters. The number of allylic oxidation sites excluding steroid dienone is 5. The van der Waals surface area contributed by atoms with Gasteiger partial charge in [0.1, 0.15) is 0 Å². The molecule has 3 heteroatoms. The van der Waals surface area contributed by atoms with E-state index >= 15 is 0 Å². The Balaban J connectivity index is 1.45. The van der Waals surface area contributed by atoms with Gasteiger partial charge in [-0.25, -0.2) is 0 Å². The van der Waals surface area contributed by atoms with Gasteiger partial charge in [0.2, 0.25) is 0 Å². The summed E-state index contributed by atoms with van der Waals surface area (Å²) in [6, 6.07) is 10.8. The van der Waals surface area contributed by atoms with E-state index in [0.717, 1.165) is 59.5 Å². The first-order valence-electron chi connectivity index (χ1n) is 10.3. The summed E-state index contributed by atoms with van der Waals surface area (Å²) in [6.07, 6.45) is 7.05. The predicted octanol–water partition coefficient (Wildman–Crippen LogP) is 7.06. The number of nitrogens with zero attached hydrogens (tertiary/aromatic N) is 1. The minimum atomic E-state index is 0.486. The second kappa shape index (κ2) is 8.61. The number of likely N-dealkylation sites (tertiary alicyclic amines) is 1. The molecule has 1 saturated carbocycles. The lowest BCUT2D eigenvalue weighted by Crippen LogP contribution is -2.45. The van der Waals surface area contributed by atoms with Crippen LogP contribution in [-0.2, 0) is 6.54 Å². The highest BCUT2D eigenvalue weighted by Gasteiger charge is 2.38. The Morgan fingerprint density at radius 2 is 1.82 bits per heavy atom. The monoisotopic (exact) mass is 413 g/mol. The lowest BCUT2D eigenvalue weighted by Gasteiger charge is -2.46. The van der Waals surface area contributed by atoms with Crippen molar-refractivity contribution in [2.45, 2.75) is 38.6 Å². The van der Waals surface area contributed by atoms with Crippen LogP contribution in [0.4, 0.5) is 0 Å². The first-order chi connectivity index (χ1) is 13.5. The van der Waals surface area contributed by atoms with Crippen molar-refractivity contribution in [1.29, 1.82) is 0 Å². The molecule has 3 aliphatic rings. The molecule has 28 heavy (non-hydrogen) atoms. The van der Waals surface area contributed by atoms with E-state index < -0.39 is 0 Å². The van der Waals surface area contributed by atoms with Crippen LogP contribution in [0.15, 0.2) is 76.3 Å². The Hall–Kier alpha value is -1.28. The van der Waals surface area contributed by atoms with Gasteiger partial charge in [-0.1, -0.05) is 83.9 Å². The number of benzene rings is 1. The van der Waals surface area contributed by atoms with Gasteiger partial charge in [0.05, 0.1) is 0 Å². The van der Waals surface area contributed by atoms with Gasteiger partial charge in [-0.2, -0.15) is 0 Å². The van der Waals surface area contributed by atoms with Crippen LogP contribution in [0.1, 0.15) is 37.7 Å². The third kappa shape index (κ3) is 4.48. The highest BCUT2D eigenvalue weighted by Crippen LogP contribution is 2.46. The zero-order chi connectivity index (χ0) is 19.7. The van der Waals surface area contributed by atoms with Crippen LogP contribution in [-0.4, -0.2) is 18.0 Å². The molecule has 0 amide bonds. The molecule has 1 aliphatic heterocycles. The number of piperidine rings is 1. The molecule has 0 radical (unpaired) electrons. The molecule has 2 fully saturated rings. The zero-order valence-corrected chi connectivity index (χ0v) is 18.0. The van der Waals surface area contributed by atoms with Crippen LogP contribution in [0.2, 0.25) is 0 Å². The molecule has 1 aromatic rings. The lowest BCUT2D eigenvalue weighted by atomic mass is 9.68. The van der Waals surface area contributed by atoms with Crippen molar-refractivity contribution >= 4 is 23.2 Å². The summed E-state index contributed by atoms with van der Waals surface area (Å²) in [6.45, 7) is 12.0. The van der Waals surface area contributed by atoms with E-state index in [9.17, 15) is 0 Å². The van der Waals surface area contributed by atoms with Gasteiger partial charge in [-0.05, 0) is 54.6 Å². The van der Waals surface area contributed by atoms with Crippen LogP contribution in [0.3, 0.4) is 0 Å². The average Bonchev–Trinajstić information content (AvgIpc) is 2.79. The van der Waals surface area contributed by atoms with Crippen LogP contribution in [0.25, 0.3) is 0 Å². The van der Waals surface area contributed by atoms with Crippen molar-refractivity contribution in [3.8, 4) is 0 Å². The Morgan fingerprint density at radius 1 is 1.04 bits per heavy atom. The summed E-state index contributed by atoms with van der Waals surface area (Å²) < 4.78 is 0. The first kappa shape index (κ1) is 20.0. The average molecular weight is 414 g/mol. The number of halogens is 2. The standard InChI is InChI=1S/C25H29Cl2N/c1-17-8-9-24(26)23(25(27)10-17)13-21-11-20-12-22(18(21)2)16-28(15-20)14-19-6-4-3-5-7-19/h3-7,9,20-22H,1-2,8,10-16H2. The van der Waals surface area contributed by atoms with Crippen LogP contribution in [0.5, 0.6) is 0 Å². The van der Waals surface area contributed by atoms with Crippen molar-refractivity contribution in [2.75, 3.05) is 13.1 Å². The molecule has 0 N–H and O–H groups in total. The van der Waals surface area contributed by atoms with E-state index in [2.05, 4.69) is 54.5 Å². The summed E-state index contributed by atoms with van der Waals surface area (Å²) in [5.41, 5.74) is 5.05. The normalized spacial score (nSPS) is 28.9.